The van der Waals surface area contributed by atoms with Gasteiger partial charge in [0, 0.05) is 12.1 Å². The minimum absolute atomic E-state index is 0.0460. The van der Waals surface area contributed by atoms with E-state index in [4.69, 9.17) is 4.74 Å². The highest BCUT2D eigenvalue weighted by Gasteiger charge is 2.15. The van der Waals surface area contributed by atoms with Gasteiger partial charge >= 0.3 is 0 Å². The third kappa shape index (κ3) is 2.69. The number of methoxy groups -OCH3 is 1. The molecule has 0 aromatic heterocycles. The molecule has 0 atom stereocenters. The number of hydrogen-bond acceptors (Lipinski definition) is 5. The number of hydrogen-bond donors (Lipinski definition) is 1. The first-order chi connectivity index (χ1) is 9.97. The molecular formula is C15H13NO5. The van der Waals surface area contributed by atoms with Crippen molar-refractivity contribution in [3.8, 4) is 22.6 Å². The average molecular weight is 287 g/mol. The summed E-state index contributed by atoms with van der Waals surface area (Å²) in [6, 6.07) is 7.48. The van der Waals surface area contributed by atoms with Crippen molar-refractivity contribution in [3.63, 3.8) is 0 Å². The maximum atomic E-state index is 11.0. The molecule has 0 heterocycles. The SMILES string of the molecule is COc1cc(-c2cc([N+](=O)[O-])ccc2C)cc(C=O)c1O. The molecule has 2 aromatic rings. The predicted molar refractivity (Wildman–Crippen MR) is 76.9 cm³/mol. The molecule has 1 N–H and O–H groups in total. The fraction of sp³-hybridized carbons (Fsp3) is 0.133. The molecule has 108 valence electrons. The largest absolute Gasteiger partial charge is 0.504 e. The fourth-order valence-corrected chi connectivity index (χ4v) is 2.06. The van der Waals surface area contributed by atoms with Gasteiger partial charge in [0.25, 0.3) is 5.69 Å². The van der Waals surface area contributed by atoms with Crippen LogP contribution in [-0.4, -0.2) is 23.4 Å². The maximum Gasteiger partial charge on any atom is 0.270 e. The normalized spacial score (nSPS) is 10.2. The van der Waals surface area contributed by atoms with Gasteiger partial charge in [-0.05, 0) is 35.7 Å². The molecule has 0 bridgehead atoms. The highest BCUT2D eigenvalue weighted by Crippen LogP contribution is 2.36. The van der Waals surface area contributed by atoms with E-state index in [1.54, 1.807) is 13.0 Å². The monoisotopic (exact) mass is 287 g/mol. The smallest absolute Gasteiger partial charge is 0.270 e. The Labute approximate surface area is 120 Å². The fourth-order valence-electron chi connectivity index (χ4n) is 2.06. The van der Waals surface area contributed by atoms with Crippen molar-refractivity contribution in [1.29, 1.82) is 0 Å². The summed E-state index contributed by atoms with van der Waals surface area (Å²) in [5, 5.41) is 20.7. The van der Waals surface area contributed by atoms with Gasteiger partial charge in [-0.25, -0.2) is 0 Å². The Kier molecular flexibility index (Phi) is 3.89. The lowest BCUT2D eigenvalue weighted by molar-refractivity contribution is -0.384. The zero-order valence-electron chi connectivity index (χ0n) is 11.5. The number of aldehydes is 1. The Morgan fingerprint density at radius 2 is 2.00 bits per heavy atom. The van der Waals surface area contributed by atoms with Gasteiger partial charge in [-0.3, -0.25) is 14.9 Å². The minimum Gasteiger partial charge on any atom is -0.504 e. The number of aromatic hydroxyl groups is 1. The number of benzene rings is 2. The van der Waals surface area contributed by atoms with E-state index in [1.165, 1.54) is 31.4 Å². The summed E-state index contributed by atoms with van der Waals surface area (Å²) in [4.78, 5) is 21.4. The van der Waals surface area contributed by atoms with Crippen molar-refractivity contribution in [2.45, 2.75) is 6.92 Å². The molecule has 0 spiro atoms. The molecular weight excluding hydrogens is 274 g/mol. The second kappa shape index (κ2) is 5.62. The van der Waals surface area contributed by atoms with E-state index >= 15 is 0 Å². The number of carbonyl (C=O) groups excluding carboxylic acids is 1. The van der Waals surface area contributed by atoms with Crippen molar-refractivity contribution in [2.24, 2.45) is 0 Å². The van der Waals surface area contributed by atoms with E-state index < -0.39 is 4.92 Å². The summed E-state index contributed by atoms with van der Waals surface area (Å²) in [5.74, 6) is -0.111. The van der Waals surface area contributed by atoms with Gasteiger partial charge in [0.1, 0.15) is 0 Å². The van der Waals surface area contributed by atoms with Crippen LogP contribution < -0.4 is 4.74 Å². The lowest BCUT2D eigenvalue weighted by Crippen LogP contribution is -1.94. The maximum absolute atomic E-state index is 11.0. The summed E-state index contributed by atoms with van der Waals surface area (Å²) in [6.07, 6.45) is 0.508. The molecule has 0 saturated heterocycles. The van der Waals surface area contributed by atoms with E-state index in [9.17, 15) is 20.0 Å². The Balaban J connectivity index is 2.69. The molecule has 2 aromatic carbocycles. The van der Waals surface area contributed by atoms with E-state index in [1.807, 2.05) is 0 Å². The zero-order chi connectivity index (χ0) is 15.6. The van der Waals surface area contributed by atoms with Crippen molar-refractivity contribution in [1.82, 2.24) is 0 Å². The van der Waals surface area contributed by atoms with Crippen molar-refractivity contribution >= 4 is 12.0 Å². The van der Waals surface area contributed by atoms with Crippen LogP contribution in [0.15, 0.2) is 30.3 Å². The molecule has 2 rings (SSSR count). The van der Waals surface area contributed by atoms with Gasteiger partial charge in [-0.15, -0.1) is 0 Å². The number of phenols is 1. The minimum atomic E-state index is -0.485. The van der Waals surface area contributed by atoms with Crippen LogP contribution in [0, 0.1) is 17.0 Å². The molecule has 6 heteroatoms. The Morgan fingerprint density at radius 3 is 2.57 bits per heavy atom. The standard InChI is InChI=1S/C15H13NO5/c1-9-3-4-12(16(19)20)7-13(9)10-5-11(8-17)15(18)14(6-10)21-2/h3-8,18H,1-2H3. The Morgan fingerprint density at radius 1 is 1.29 bits per heavy atom. The lowest BCUT2D eigenvalue weighted by atomic mass is 9.97. The number of non-ortho nitro benzene ring substituents is 1. The number of nitrogens with zero attached hydrogens (tertiary/aromatic N) is 1. The van der Waals surface area contributed by atoms with Gasteiger partial charge in [-0.1, -0.05) is 6.07 Å². The van der Waals surface area contributed by atoms with E-state index in [0.29, 0.717) is 17.4 Å². The number of rotatable bonds is 4. The van der Waals surface area contributed by atoms with Crippen LogP contribution in [-0.2, 0) is 0 Å². The zero-order valence-corrected chi connectivity index (χ0v) is 11.5. The van der Waals surface area contributed by atoms with Gasteiger partial charge in [-0.2, -0.15) is 0 Å². The summed E-state index contributed by atoms with van der Waals surface area (Å²) in [6.45, 7) is 1.80. The summed E-state index contributed by atoms with van der Waals surface area (Å²) < 4.78 is 5.02. The van der Waals surface area contributed by atoms with Crippen LogP contribution in [0.25, 0.3) is 11.1 Å². The van der Waals surface area contributed by atoms with Crippen LogP contribution in [0.5, 0.6) is 11.5 Å². The highest BCUT2D eigenvalue weighted by atomic mass is 16.6. The van der Waals surface area contributed by atoms with Gasteiger partial charge < -0.3 is 9.84 Å². The van der Waals surface area contributed by atoms with Crippen molar-refractivity contribution in [3.05, 3.63) is 51.6 Å². The van der Waals surface area contributed by atoms with Crippen LogP contribution in [0.4, 0.5) is 5.69 Å². The average Bonchev–Trinajstić information content (AvgIpc) is 2.48. The first-order valence-electron chi connectivity index (χ1n) is 6.09. The number of carbonyl (C=O) groups is 1. The van der Waals surface area contributed by atoms with E-state index in [2.05, 4.69) is 0 Å². The number of phenolic OH excluding ortho intramolecular Hbond substituents is 1. The molecule has 0 fully saturated rings. The molecule has 0 amide bonds. The van der Waals surface area contributed by atoms with Crippen LogP contribution in [0.2, 0.25) is 0 Å². The second-order valence-corrected chi connectivity index (χ2v) is 4.49. The number of aryl methyl sites for hydroxylation is 1. The highest BCUT2D eigenvalue weighted by molar-refractivity contribution is 5.85. The summed E-state index contributed by atoms with van der Waals surface area (Å²) in [5.41, 5.74) is 1.99. The van der Waals surface area contributed by atoms with Crippen LogP contribution in [0.3, 0.4) is 0 Å². The summed E-state index contributed by atoms with van der Waals surface area (Å²) >= 11 is 0. The Bertz CT molecular complexity index is 724. The van der Waals surface area contributed by atoms with Gasteiger partial charge in [0.05, 0.1) is 17.6 Å². The first-order valence-corrected chi connectivity index (χ1v) is 6.09. The second-order valence-electron chi connectivity index (χ2n) is 4.49. The molecule has 0 saturated carbocycles. The van der Waals surface area contributed by atoms with Gasteiger partial charge in [0.2, 0.25) is 0 Å². The third-order valence-corrected chi connectivity index (χ3v) is 3.19. The predicted octanol–water partition coefficient (Wildman–Crippen LogP) is 3.10. The number of nitro benzene ring substituents is 1. The molecule has 0 aliphatic carbocycles. The lowest BCUT2D eigenvalue weighted by Gasteiger charge is -2.11. The van der Waals surface area contributed by atoms with Gasteiger partial charge in [0.15, 0.2) is 17.8 Å². The molecule has 0 aliphatic rings. The molecule has 21 heavy (non-hydrogen) atoms. The number of nitro groups is 1. The van der Waals surface area contributed by atoms with E-state index in [-0.39, 0.29) is 22.7 Å². The molecule has 0 radical (unpaired) electrons. The van der Waals surface area contributed by atoms with E-state index in [0.717, 1.165) is 5.56 Å². The number of ether oxygens (including phenoxy) is 1. The van der Waals surface area contributed by atoms with Crippen molar-refractivity contribution < 1.29 is 19.6 Å². The van der Waals surface area contributed by atoms with Crippen LogP contribution in [0.1, 0.15) is 15.9 Å². The van der Waals surface area contributed by atoms with Crippen LogP contribution >= 0.6 is 0 Å². The first kappa shape index (κ1) is 14.5. The van der Waals surface area contributed by atoms with Crippen molar-refractivity contribution in [2.75, 3.05) is 7.11 Å². The quantitative estimate of drug-likeness (QED) is 0.530. The molecule has 6 nitrogen and oxygen atoms in total. The molecule has 0 aliphatic heterocycles. The topological polar surface area (TPSA) is 89.7 Å². The Hall–Kier alpha value is -2.89. The molecule has 0 unspecified atom stereocenters. The third-order valence-electron chi connectivity index (χ3n) is 3.19. The summed E-state index contributed by atoms with van der Waals surface area (Å²) in [7, 11) is 1.37.